The van der Waals surface area contributed by atoms with E-state index in [9.17, 15) is 0 Å². The van der Waals surface area contributed by atoms with Gasteiger partial charge >= 0.3 is 0 Å². The Labute approximate surface area is 109 Å². The molecule has 0 radical (unpaired) electrons. The topological polar surface area (TPSA) is 84.8 Å². The van der Waals surface area contributed by atoms with Gasteiger partial charge in [-0.3, -0.25) is 10.8 Å². The first kappa shape index (κ1) is 13.5. The van der Waals surface area contributed by atoms with Gasteiger partial charge in [-0.2, -0.15) is 0 Å². The fourth-order valence-electron chi connectivity index (χ4n) is 0.389. The molecule has 0 aromatic carbocycles. The van der Waals surface area contributed by atoms with Gasteiger partial charge < -0.3 is 0 Å². The molecule has 5 nitrogen and oxygen atoms in total. The standard InChI is InChI=1S/C7H7I2N5/c8-2-1-3-13-6(10)7(11)14-5-12-4-9/h1-5,10-11H/b2-1-,10-6?,11-7?,12-4?,13-3?,14-5?. The summed E-state index contributed by atoms with van der Waals surface area (Å²) in [5.41, 5.74) is 0. The number of hydrogen-bond donors (Lipinski definition) is 2. The minimum absolute atomic E-state index is 0.195. The van der Waals surface area contributed by atoms with Gasteiger partial charge in [0.25, 0.3) is 0 Å². The van der Waals surface area contributed by atoms with Crippen molar-refractivity contribution in [2.45, 2.75) is 0 Å². The first-order chi connectivity index (χ1) is 6.72. The van der Waals surface area contributed by atoms with Crippen LogP contribution in [0, 0.1) is 10.8 Å². The number of hydrogen-bond acceptors (Lipinski definition) is 2. The number of aliphatic imine (C=N–C) groups is 3. The SMILES string of the molecule is N=C(N=C/C=C\I)C(=N)N=CN=CI. The molecule has 0 aromatic rings. The van der Waals surface area contributed by atoms with Crippen molar-refractivity contribution in [3.05, 3.63) is 10.2 Å². The van der Waals surface area contributed by atoms with Gasteiger partial charge in [-0.15, -0.1) is 0 Å². The van der Waals surface area contributed by atoms with Crippen LogP contribution in [-0.2, 0) is 0 Å². The Bertz CT molecular complexity index is 284. The van der Waals surface area contributed by atoms with Gasteiger partial charge in [-0.1, -0.05) is 22.6 Å². The maximum atomic E-state index is 7.28. The Morgan fingerprint density at radius 1 is 1.07 bits per heavy atom. The predicted octanol–water partition coefficient (Wildman–Crippen LogP) is 2.45. The highest BCUT2D eigenvalue weighted by atomic mass is 127. The van der Waals surface area contributed by atoms with Crippen molar-refractivity contribution in [3.8, 4) is 0 Å². The molecule has 0 aromatic heterocycles. The molecule has 0 aliphatic rings. The first-order valence-corrected chi connectivity index (χ1v) is 5.82. The average Bonchev–Trinajstić information content (AvgIpc) is 2.18. The van der Waals surface area contributed by atoms with Crippen molar-refractivity contribution in [3.63, 3.8) is 0 Å². The minimum atomic E-state index is -0.217. The van der Waals surface area contributed by atoms with E-state index in [1.807, 2.05) is 45.2 Å². The molecule has 74 valence electrons. The molecule has 0 rings (SSSR count). The van der Waals surface area contributed by atoms with Crippen LogP contribution in [-0.4, -0.2) is 28.4 Å². The Morgan fingerprint density at radius 2 is 1.71 bits per heavy atom. The van der Waals surface area contributed by atoms with Crippen molar-refractivity contribution in [1.29, 1.82) is 10.8 Å². The molecular weight excluding hydrogens is 408 g/mol. The molecule has 14 heavy (non-hydrogen) atoms. The molecular formula is C7H7I2N5. The van der Waals surface area contributed by atoms with Gasteiger partial charge in [-0.25, -0.2) is 15.0 Å². The average molecular weight is 415 g/mol. The molecule has 0 saturated carbocycles. The Hall–Kier alpha value is -0.450. The van der Waals surface area contributed by atoms with Gasteiger partial charge in [0.15, 0.2) is 11.7 Å². The van der Waals surface area contributed by atoms with E-state index in [0.717, 1.165) is 0 Å². The normalized spacial score (nSPS) is 12.4. The number of rotatable bonds is 2. The van der Waals surface area contributed by atoms with Crippen molar-refractivity contribution < 1.29 is 0 Å². The van der Waals surface area contributed by atoms with Crippen LogP contribution in [0.4, 0.5) is 0 Å². The van der Waals surface area contributed by atoms with Crippen molar-refractivity contribution in [1.82, 2.24) is 0 Å². The highest BCUT2D eigenvalue weighted by molar-refractivity contribution is 14.1. The van der Waals surface area contributed by atoms with Crippen LogP contribution in [0.5, 0.6) is 0 Å². The zero-order valence-corrected chi connectivity index (χ0v) is 11.3. The zero-order chi connectivity index (χ0) is 10.8. The number of nitrogens with one attached hydrogen (secondary N) is 2. The lowest BCUT2D eigenvalue weighted by molar-refractivity contribution is 1.40. The van der Waals surface area contributed by atoms with E-state index < -0.39 is 0 Å². The van der Waals surface area contributed by atoms with E-state index in [2.05, 4.69) is 15.0 Å². The Kier molecular flexibility index (Phi) is 8.83. The molecule has 0 saturated heterocycles. The number of halogens is 2. The van der Waals surface area contributed by atoms with E-state index in [1.165, 1.54) is 16.8 Å². The molecule has 0 bridgehead atoms. The molecule has 0 atom stereocenters. The fourth-order valence-corrected chi connectivity index (χ4v) is 0.718. The first-order valence-electron chi connectivity index (χ1n) is 3.33. The molecule has 2 N–H and O–H groups in total. The number of allylic oxidation sites excluding steroid dienone is 1. The van der Waals surface area contributed by atoms with Gasteiger partial charge in [-0.05, 0) is 32.7 Å². The van der Waals surface area contributed by atoms with E-state index in [-0.39, 0.29) is 11.7 Å². The predicted molar refractivity (Wildman–Crippen MR) is 78.1 cm³/mol. The second kappa shape index (κ2) is 9.12. The molecule has 0 fully saturated rings. The summed E-state index contributed by atoms with van der Waals surface area (Å²) >= 11 is 3.97. The van der Waals surface area contributed by atoms with Gasteiger partial charge in [0, 0.05) is 6.21 Å². The minimum Gasteiger partial charge on any atom is -0.280 e. The molecule has 0 unspecified atom stereocenters. The zero-order valence-electron chi connectivity index (χ0n) is 6.98. The van der Waals surface area contributed by atoms with Crippen molar-refractivity contribution >= 4 is 73.6 Å². The Balaban J connectivity index is 4.20. The van der Waals surface area contributed by atoms with Crippen molar-refractivity contribution in [2.75, 3.05) is 0 Å². The Morgan fingerprint density at radius 3 is 2.29 bits per heavy atom. The van der Waals surface area contributed by atoms with E-state index in [1.54, 1.807) is 10.2 Å². The molecule has 7 heteroatoms. The third-order valence-electron chi connectivity index (χ3n) is 0.897. The molecule has 0 aliphatic carbocycles. The van der Waals surface area contributed by atoms with E-state index in [0.29, 0.717) is 0 Å². The highest BCUT2D eigenvalue weighted by Crippen LogP contribution is 1.85. The summed E-state index contributed by atoms with van der Waals surface area (Å²) in [5, 5.41) is 14.6. The largest absolute Gasteiger partial charge is 0.280 e. The van der Waals surface area contributed by atoms with Crippen LogP contribution in [0.2, 0.25) is 0 Å². The third kappa shape index (κ3) is 7.00. The number of nitrogens with zero attached hydrogens (tertiary/aromatic N) is 3. The summed E-state index contributed by atoms with van der Waals surface area (Å²) in [4.78, 5) is 10.9. The lowest BCUT2D eigenvalue weighted by Crippen LogP contribution is -2.05. The van der Waals surface area contributed by atoms with Crippen LogP contribution < -0.4 is 0 Å². The van der Waals surface area contributed by atoms with Crippen LogP contribution in [0.3, 0.4) is 0 Å². The summed E-state index contributed by atoms with van der Waals surface area (Å²) in [6.45, 7) is 0. The summed E-state index contributed by atoms with van der Waals surface area (Å²) in [5.74, 6) is -0.412. The second-order valence-corrected chi connectivity index (χ2v) is 3.06. The summed E-state index contributed by atoms with van der Waals surface area (Å²) in [7, 11) is 0. The maximum absolute atomic E-state index is 7.28. The van der Waals surface area contributed by atoms with Gasteiger partial charge in [0.1, 0.15) is 6.34 Å². The maximum Gasteiger partial charge on any atom is 0.191 e. The van der Waals surface area contributed by atoms with Crippen molar-refractivity contribution in [2.24, 2.45) is 15.0 Å². The smallest absolute Gasteiger partial charge is 0.191 e. The molecule has 0 amide bonds. The number of amidine groups is 2. The second-order valence-electron chi connectivity index (χ2n) is 1.79. The molecule has 0 spiro atoms. The fraction of sp³-hybridized carbons (Fsp3) is 0. The third-order valence-corrected chi connectivity index (χ3v) is 1.63. The lowest BCUT2D eigenvalue weighted by atomic mass is 10.5. The van der Waals surface area contributed by atoms with Crippen LogP contribution in [0.15, 0.2) is 25.1 Å². The summed E-state index contributed by atoms with van der Waals surface area (Å²) in [6.07, 6.45) is 4.29. The van der Waals surface area contributed by atoms with Gasteiger partial charge in [0.2, 0.25) is 0 Å². The molecule has 0 aliphatic heterocycles. The highest BCUT2D eigenvalue weighted by Gasteiger charge is 1.97. The van der Waals surface area contributed by atoms with Crippen LogP contribution >= 0.6 is 45.2 Å². The van der Waals surface area contributed by atoms with E-state index in [4.69, 9.17) is 10.8 Å². The summed E-state index contributed by atoms with van der Waals surface area (Å²) < 4.78 is 3.27. The van der Waals surface area contributed by atoms with Gasteiger partial charge in [0.05, 0.1) is 4.22 Å². The lowest BCUT2D eigenvalue weighted by Gasteiger charge is -1.90. The summed E-state index contributed by atoms with van der Waals surface area (Å²) in [6, 6.07) is 0. The molecule has 0 heterocycles. The van der Waals surface area contributed by atoms with Crippen LogP contribution in [0.25, 0.3) is 0 Å². The van der Waals surface area contributed by atoms with E-state index >= 15 is 0 Å². The monoisotopic (exact) mass is 415 g/mol. The quantitative estimate of drug-likeness (QED) is 0.395. The van der Waals surface area contributed by atoms with Crippen LogP contribution in [0.1, 0.15) is 0 Å².